The zero-order valence-corrected chi connectivity index (χ0v) is 14.5. The predicted molar refractivity (Wildman–Crippen MR) is 98.8 cm³/mol. The minimum atomic E-state index is -0.265. The number of hydrogen-bond acceptors (Lipinski definition) is 4. The molecule has 0 aliphatic rings. The molecule has 6 nitrogen and oxygen atoms in total. The second kappa shape index (κ2) is 8.84. The lowest BCUT2D eigenvalue weighted by Gasteiger charge is -2.12. The molecular weight excluding hydrogens is 318 g/mol. The summed E-state index contributed by atoms with van der Waals surface area (Å²) in [6.45, 7) is 3.76. The van der Waals surface area contributed by atoms with Crippen LogP contribution in [0.1, 0.15) is 18.1 Å². The molecule has 0 saturated carbocycles. The Morgan fingerprint density at radius 2 is 1.88 bits per heavy atom. The third-order valence-corrected chi connectivity index (χ3v) is 3.65. The maximum Gasteiger partial charge on any atom is 0.262 e. The Hall–Kier alpha value is -2.86. The van der Waals surface area contributed by atoms with Gasteiger partial charge in [0.15, 0.2) is 6.61 Å². The monoisotopic (exact) mass is 341 g/mol. The van der Waals surface area contributed by atoms with Gasteiger partial charge in [0.2, 0.25) is 5.91 Å². The van der Waals surface area contributed by atoms with Crippen LogP contribution in [0.4, 0.5) is 11.4 Å². The van der Waals surface area contributed by atoms with E-state index in [4.69, 9.17) is 10.5 Å². The lowest BCUT2D eigenvalue weighted by molar-refractivity contribution is -0.118. The van der Waals surface area contributed by atoms with Gasteiger partial charge in [-0.3, -0.25) is 9.59 Å². The second-order valence-electron chi connectivity index (χ2n) is 5.62. The smallest absolute Gasteiger partial charge is 0.262 e. The Morgan fingerprint density at radius 3 is 2.56 bits per heavy atom. The van der Waals surface area contributed by atoms with Crippen LogP contribution >= 0.6 is 0 Å². The van der Waals surface area contributed by atoms with Gasteiger partial charge in [0.1, 0.15) is 5.75 Å². The average Bonchev–Trinajstić information content (AvgIpc) is 2.62. The highest BCUT2D eigenvalue weighted by Crippen LogP contribution is 2.20. The van der Waals surface area contributed by atoms with Crippen LogP contribution in [0.2, 0.25) is 0 Å². The number of rotatable bonds is 7. The summed E-state index contributed by atoms with van der Waals surface area (Å²) in [6.07, 6.45) is 0.912. The molecule has 0 heterocycles. The molecule has 0 unspecified atom stereocenters. The molecule has 2 amide bonds. The van der Waals surface area contributed by atoms with Gasteiger partial charge in [0.25, 0.3) is 5.91 Å². The molecule has 0 saturated heterocycles. The molecule has 0 atom stereocenters. The molecular formula is C19H23N3O3. The molecule has 132 valence electrons. The Morgan fingerprint density at radius 1 is 1.08 bits per heavy atom. The average molecular weight is 341 g/mol. The van der Waals surface area contributed by atoms with E-state index in [1.165, 1.54) is 0 Å². The van der Waals surface area contributed by atoms with Gasteiger partial charge in [-0.25, -0.2) is 0 Å². The summed E-state index contributed by atoms with van der Waals surface area (Å²) in [5.41, 5.74) is 8.56. The summed E-state index contributed by atoms with van der Waals surface area (Å²) < 4.78 is 5.53. The van der Waals surface area contributed by atoms with Crippen molar-refractivity contribution in [3.05, 3.63) is 53.6 Å². The highest BCUT2D eigenvalue weighted by Gasteiger charge is 2.08. The number of anilines is 2. The molecule has 2 rings (SSSR count). The number of ether oxygens (including phenoxy) is 1. The van der Waals surface area contributed by atoms with Crippen LogP contribution in [-0.4, -0.2) is 25.0 Å². The highest BCUT2D eigenvalue weighted by molar-refractivity contribution is 5.94. The number of hydrogen-bond donors (Lipinski definition) is 3. The number of nitrogens with one attached hydrogen (secondary N) is 2. The van der Waals surface area contributed by atoms with Crippen molar-refractivity contribution in [2.24, 2.45) is 5.73 Å². The fraction of sp³-hybridized carbons (Fsp3) is 0.263. The van der Waals surface area contributed by atoms with E-state index in [1.807, 2.05) is 31.2 Å². The molecule has 0 aromatic heterocycles. The van der Waals surface area contributed by atoms with Crippen molar-refractivity contribution in [2.45, 2.75) is 20.3 Å². The van der Waals surface area contributed by atoms with E-state index in [-0.39, 0.29) is 25.0 Å². The quantitative estimate of drug-likeness (QED) is 0.721. The summed E-state index contributed by atoms with van der Waals surface area (Å²) in [7, 11) is 0. The molecule has 0 aliphatic carbocycles. The highest BCUT2D eigenvalue weighted by atomic mass is 16.5. The molecule has 4 N–H and O–H groups in total. The van der Waals surface area contributed by atoms with E-state index in [0.717, 1.165) is 17.5 Å². The molecule has 0 fully saturated rings. The van der Waals surface area contributed by atoms with Crippen LogP contribution in [0.15, 0.2) is 42.5 Å². The molecule has 2 aromatic carbocycles. The number of nitrogens with two attached hydrogens (primary N) is 1. The largest absolute Gasteiger partial charge is 0.484 e. The third kappa shape index (κ3) is 5.61. The Labute approximate surface area is 147 Å². The topological polar surface area (TPSA) is 93.5 Å². The van der Waals surface area contributed by atoms with Crippen LogP contribution in [0.5, 0.6) is 5.75 Å². The van der Waals surface area contributed by atoms with Gasteiger partial charge in [0.05, 0.1) is 6.54 Å². The Kier molecular flexibility index (Phi) is 6.54. The normalized spacial score (nSPS) is 10.2. The zero-order chi connectivity index (χ0) is 18.2. The maximum atomic E-state index is 12.1. The first-order valence-corrected chi connectivity index (χ1v) is 8.14. The van der Waals surface area contributed by atoms with Crippen LogP contribution < -0.4 is 21.1 Å². The minimum Gasteiger partial charge on any atom is -0.484 e. The number of carbonyl (C=O) groups is 2. The van der Waals surface area contributed by atoms with Crippen molar-refractivity contribution in [3.8, 4) is 5.75 Å². The molecule has 25 heavy (non-hydrogen) atoms. The lowest BCUT2D eigenvalue weighted by atomic mass is 10.1. The van der Waals surface area contributed by atoms with Crippen molar-refractivity contribution >= 4 is 23.2 Å². The van der Waals surface area contributed by atoms with Crippen LogP contribution in [0.3, 0.4) is 0 Å². The van der Waals surface area contributed by atoms with E-state index in [2.05, 4.69) is 17.6 Å². The van der Waals surface area contributed by atoms with Gasteiger partial charge in [-0.05, 0) is 54.8 Å². The van der Waals surface area contributed by atoms with E-state index >= 15 is 0 Å². The summed E-state index contributed by atoms with van der Waals surface area (Å²) in [5.74, 6) is 0.161. The van der Waals surface area contributed by atoms with Crippen molar-refractivity contribution < 1.29 is 14.3 Å². The SMILES string of the molecule is CCc1cccc(OCC(=O)Nc2ccc(NC(=O)CN)cc2C)c1. The van der Waals surface area contributed by atoms with Crippen LogP contribution in [-0.2, 0) is 16.0 Å². The van der Waals surface area contributed by atoms with Crippen molar-refractivity contribution in [2.75, 3.05) is 23.8 Å². The first-order chi connectivity index (χ1) is 12.0. The predicted octanol–water partition coefficient (Wildman–Crippen LogP) is 2.47. The Bertz CT molecular complexity index is 759. The number of benzene rings is 2. The maximum absolute atomic E-state index is 12.1. The van der Waals surface area contributed by atoms with E-state index in [9.17, 15) is 9.59 Å². The number of amides is 2. The molecule has 2 aromatic rings. The summed E-state index contributed by atoms with van der Waals surface area (Å²) in [5, 5.41) is 5.47. The van der Waals surface area contributed by atoms with E-state index < -0.39 is 0 Å². The number of aryl methyl sites for hydroxylation is 2. The van der Waals surface area contributed by atoms with E-state index in [0.29, 0.717) is 17.1 Å². The van der Waals surface area contributed by atoms with Crippen LogP contribution in [0.25, 0.3) is 0 Å². The second-order valence-corrected chi connectivity index (χ2v) is 5.62. The van der Waals surface area contributed by atoms with Crippen molar-refractivity contribution in [1.29, 1.82) is 0 Å². The summed E-state index contributed by atoms with van der Waals surface area (Å²) in [6, 6.07) is 12.9. The van der Waals surface area contributed by atoms with Gasteiger partial charge >= 0.3 is 0 Å². The molecule has 0 aliphatic heterocycles. The Balaban J connectivity index is 1.92. The van der Waals surface area contributed by atoms with Gasteiger partial charge in [-0.1, -0.05) is 19.1 Å². The van der Waals surface area contributed by atoms with Crippen molar-refractivity contribution in [1.82, 2.24) is 0 Å². The van der Waals surface area contributed by atoms with Gasteiger partial charge in [-0.15, -0.1) is 0 Å². The van der Waals surface area contributed by atoms with Gasteiger partial charge in [-0.2, -0.15) is 0 Å². The molecule has 6 heteroatoms. The minimum absolute atomic E-state index is 0.0712. The molecule has 0 radical (unpaired) electrons. The summed E-state index contributed by atoms with van der Waals surface area (Å²) >= 11 is 0. The van der Waals surface area contributed by atoms with Crippen molar-refractivity contribution in [3.63, 3.8) is 0 Å². The first-order valence-electron chi connectivity index (χ1n) is 8.14. The fourth-order valence-electron chi connectivity index (χ4n) is 2.28. The standard InChI is InChI=1S/C19H23N3O3/c1-3-14-5-4-6-16(10-14)25-12-19(24)22-17-8-7-15(9-13(17)2)21-18(23)11-20/h4-10H,3,11-12,20H2,1-2H3,(H,21,23)(H,22,24). The molecule has 0 spiro atoms. The third-order valence-electron chi connectivity index (χ3n) is 3.65. The molecule has 0 bridgehead atoms. The zero-order valence-electron chi connectivity index (χ0n) is 14.5. The first kappa shape index (κ1) is 18.5. The van der Waals surface area contributed by atoms with Gasteiger partial charge < -0.3 is 21.1 Å². The van der Waals surface area contributed by atoms with Crippen LogP contribution in [0, 0.1) is 6.92 Å². The van der Waals surface area contributed by atoms with E-state index in [1.54, 1.807) is 18.2 Å². The lowest BCUT2D eigenvalue weighted by Crippen LogP contribution is -2.22. The summed E-state index contributed by atoms with van der Waals surface area (Å²) in [4.78, 5) is 23.4. The number of carbonyl (C=O) groups excluding carboxylic acids is 2. The fourth-order valence-corrected chi connectivity index (χ4v) is 2.28. The van der Waals surface area contributed by atoms with Gasteiger partial charge in [0, 0.05) is 11.4 Å².